The van der Waals surface area contributed by atoms with E-state index in [-0.39, 0.29) is 0 Å². The van der Waals surface area contributed by atoms with E-state index >= 15 is 0 Å². The maximum absolute atomic E-state index is 6.21. The zero-order valence-electron chi connectivity index (χ0n) is 16.8. The molecule has 4 rings (SSSR count). The van der Waals surface area contributed by atoms with Crippen LogP contribution in [0.25, 0.3) is 16.8 Å². The van der Waals surface area contributed by atoms with Crippen LogP contribution in [0.15, 0.2) is 66.8 Å². The molecule has 1 fully saturated rings. The lowest BCUT2D eigenvalue weighted by Gasteiger charge is -2.32. The first-order valence-electron chi connectivity index (χ1n) is 9.69. The number of nitrogens with zero attached hydrogens (tertiary/aromatic N) is 2. The van der Waals surface area contributed by atoms with Gasteiger partial charge in [-0.3, -0.25) is 0 Å². The Hall–Kier alpha value is -2.50. The van der Waals surface area contributed by atoms with Gasteiger partial charge in [-0.1, -0.05) is 60.7 Å². The van der Waals surface area contributed by atoms with Gasteiger partial charge in [-0.2, -0.15) is 0 Å². The van der Waals surface area contributed by atoms with Crippen molar-refractivity contribution in [1.82, 2.24) is 9.97 Å². The third kappa shape index (κ3) is 3.60. The van der Waals surface area contributed by atoms with Gasteiger partial charge in [0.1, 0.15) is 0 Å². The van der Waals surface area contributed by atoms with Gasteiger partial charge in [-0.05, 0) is 45.8 Å². The van der Waals surface area contributed by atoms with Crippen LogP contribution in [0.1, 0.15) is 39.8 Å². The molecule has 0 unspecified atom stereocenters. The summed E-state index contributed by atoms with van der Waals surface area (Å²) in [4.78, 5) is 9.64. The van der Waals surface area contributed by atoms with Crippen molar-refractivity contribution < 1.29 is 9.31 Å². The summed E-state index contributed by atoms with van der Waals surface area (Å²) in [5.74, 6) is 0. The fraction of sp³-hybridized carbons (Fsp3) is 0.304. The molecular weight excluding hydrogens is 347 g/mol. The van der Waals surface area contributed by atoms with Gasteiger partial charge in [0.25, 0.3) is 0 Å². The monoisotopic (exact) mass is 372 g/mol. The third-order valence-corrected chi connectivity index (χ3v) is 5.57. The molecule has 28 heavy (non-hydrogen) atoms. The van der Waals surface area contributed by atoms with Gasteiger partial charge in [0.2, 0.25) is 0 Å². The summed E-state index contributed by atoms with van der Waals surface area (Å²) in [6.45, 7) is 8.16. The van der Waals surface area contributed by atoms with Crippen molar-refractivity contribution in [3.8, 4) is 11.3 Å². The number of benzene rings is 1. The van der Waals surface area contributed by atoms with Crippen molar-refractivity contribution in [2.75, 3.05) is 0 Å². The first-order valence-corrected chi connectivity index (χ1v) is 9.69. The van der Waals surface area contributed by atoms with E-state index in [1.165, 1.54) is 0 Å². The minimum absolute atomic E-state index is 0.435. The lowest BCUT2D eigenvalue weighted by Crippen LogP contribution is -2.41. The number of rotatable bonds is 3. The lowest BCUT2D eigenvalue weighted by atomic mass is 9.88. The topological polar surface area (TPSA) is 44.2 Å². The predicted octanol–water partition coefficient (Wildman–Crippen LogP) is 4.34. The van der Waals surface area contributed by atoms with Crippen molar-refractivity contribution in [2.24, 2.45) is 0 Å². The molecule has 0 amide bonds. The Morgan fingerprint density at radius 2 is 1.57 bits per heavy atom. The number of hydrogen-bond acceptors (Lipinski definition) is 4. The van der Waals surface area contributed by atoms with Gasteiger partial charge in [0, 0.05) is 5.56 Å². The van der Waals surface area contributed by atoms with Gasteiger partial charge in [0.05, 0.1) is 22.6 Å². The van der Waals surface area contributed by atoms with E-state index in [0.717, 1.165) is 28.9 Å². The molecule has 1 saturated heterocycles. The molecule has 0 radical (unpaired) electrons. The minimum Gasteiger partial charge on any atom is -0.397 e. The summed E-state index contributed by atoms with van der Waals surface area (Å²) in [6, 6.07) is 12.2. The van der Waals surface area contributed by atoms with Gasteiger partial charge in [-0.15, -0.1) is 0 Å². The van der Waals surface area contributed by atoms with E-state index in [0.29, 0.717) is 5.72 Å². The summed E-state index contributed by atoms with van der Waals surface area (Å²) < 4.78 is 12.4. The van der Waals surface area contributed by atoms with Crippen LogP contribution in [0, 0.1) is 0 Å². The van der Waals surface area contributed by atoms with Crippen molar-refractivity contribution >= 4 is 18.4 Å². The van der Waals surface area contributed by atoms with E-state index in [2.05, 4.69) is 36.4 Å². The van der Waals surface area contributed by atoms with Crippen LogP contribution >= 0.6 is 0 Å². The largest absolute Gasteiger partial charge is 0.534 e. The van der Waals surface area contributed by atoms with Gasteiger partial charge < -0.3 is 9.31 Å². The second kappa shape index (κ2) is 7.15. The summed E-state index contributed by atoms with van der Waals surface area (Å²) in [5, 5.41) is 0. The third-order valence-electron chi connectivity index (χ3n) is 5.57. The molecule has 0 bridgehead atoms. The molecular formula is C23H25BN2O2. The van der Waals surface area contributed by atoms with E-state index in [1.54, 1.807) is 0 Å². The normalized spacial score (nSPS) is 20.1. The van der Waals surface area contributed by atoms with Crippen LogP contribution < -0.4 is 5.72 Å². The summed E-state index contributed by atoms with van der Waals surface area (Å²) in [6.07, 6.45) is 11.3. The predicted molar refractivity (Wildman–Crippen MR) is 114 cm³/mol. The highest BCUT2D eigenvalue weighted by atomic mass is 16.7. The Morgan fingerprint density at radius 1 is 0.893 bits per heavy atom. The zero-order chi connectivity index (χ0) is 19.8. The van der Waals surface area contributed by atoms with Crippen LogP contribution in [-0.4, -0.2) is 28.3 Å². The zero-order valence-corrected chi connectivity index (χ0v) is 16.8. The van der Waals surface area contributed by atoms with E-state index in [4.69, 9.17) is 19.3 Å². The molecule has 1 aromatic heterocycles. The fourth-order valence-electron chi connectivity index (χ4n) is 3.19. The average molecular weight is 372 g/mol. The first-order chi connectivity index (χ1) is 13.4. The van der Waals surface area contributed by atoms with Crippen LogP contribution in [0.2, 0.25) is 0 Å². The second-order valence-electron chi connectivity index (χ2n) is 8.13. The van der Waals surface area contributed by atoms with Crippen molar-refractivity contribution in [1.29, 1.82) is 0 Å². The van der Waals surface area contributed by atoms with Gasteiger partial charge in [-0.25, -0.2) is 9.97 Å². The van der Waals surface area contributed by atoms with Crippen molar-refractivity contribution in [2.45, 2.75) is 45.3 Å². The van der Waals surface area contributed by atoms with Crippen LogP contribution in [-0.2, 0) is 9.31 Å². The second-order valence-corrected chi connectivity index (χ2v) is 8.13. The Balaban J connectivity index is 1.80. The summed E-state index contributed by atoms with van der Waals surface area (Å²) >= 11 is 0. The highest BCUT2D eigenvalue weighted by molar-refractivity contribution is 6.60. The Labute approximate surface area is 167 Å². The number of hydrogen-bond donors (Lipinski definition) is 0. The standard InChI is InChI=1S/C23H25BN2O2/c1-22(2)23(3,4)28-24(27-22)21-25-19(17-12-8-5-6-9-13-17)16-20(26-21)18-14-10-7-11-15-18/h5-8,10-16H,9H2,1-4H3. The SMILES string of the molecule is CC1(C)OB(c2nc(C3=CCC=CC=C3)cc(-c3ccccc3)n2)OC1(C)C. The lowest BCUT2D eigenvalue weighted by molar-refractivity contribution is 0.00578. The molecule has 2 heterocycles. The van der Waals surface area contributed by atoms with Crippen molar-refractivity contribution in [3.05, 3.63) is 72.5 Å². The highest BCUT2D eigenvalue weighted by Gasteiger charge is 2.53. The molecule has 1 aromatic carbocycles. The Bertz CT molecular complexity index is 946. The molecule has 2 aliphatic rings. The summed E-state index contributed by atoms with van der Waals surface area (Å²) in [5.41, 5.74) is 3.54. The highest BCUT2D eigenvalue weighted by Crippen LogP contribution is 2.36. The molecule has 0 saturated carbocycles. The maximum Gasteiger partial charge on any atom is 0.534 e. The summed E-state index contributed by atoms with van der Waals surface area (Å²) in [7, 11) is -0.596. The Kier molecular flexibility index (Phi) is 4.82. The molecule has 142 valence electrons. The molecule has 4 nitrogen and oxygen atoms in total. The smallest absolute Gasteiger partial charge is 0.397 e. The molecule has 0 atom stereocenters. The first kappa shape index (κ1) is 18.8. The average Bonchev–Trinajstić information content (AvgIpc) is 2.87. The number of aromatic nitrogens is 2. The van der Waals surface area contributed by atoms with Crippen LogP contribution in [0.4, 0.5) is 0 Å². The van der Waals surface area contributed by atoms with E-state index < -0.39 is 18.3 Å². The molecule has 0 N–H and O–H groups in total. The van der Waals surface area contributed by atoms with E-state index in [9.17, 15) is 0 Å². The quantitative estimate of drug-likeness (QED) is 0.752. The van der Waals surface area contributed by atoms with E-state index in [1.807, 2.05) is 58.0 Å². The maximum atomic E-state index is 6.21. The van der Waals surface area contributed by atoms with Gasteiger partial charge in [0.15, 0.2) is 5.72 Å². The number of allylic oxidation sites excluding steroid dienone is 6. The molecule has 0 spiro atoms. The van der Waals surface area contributed by atoms with Crippen LogP contribution in [0.3, 0.4) is 0 Å². The van der Waals surface area contributed by atoms with Gasteiger partial charge >= 0.3 is 7.12 Å². The minimum atomic E-state index is -0.596. The van der Waals surface area contributed by atoms with Crippen molar-refractivity contribution in [3.63, 3.8) is 0 Å². The molecule has 1 aliphatic carbocycles. The van der Waals surface area contributed by atoms with Crippen LogP contribution in [0.5, 0.6) is 0 Å². The molecule has 1 aliphatic heterocycles. The fourth-order valence-corrected chi connectivity index (χ4v) is 3.19. The molecule has 5 heteroatoms. The molecule has 2 aromatic rings. The Morgan fingerprint density at radius 3 is 2.29 bits per heavy atom.